The molecule has 10 amide bonds. The first-order valence-corrected chi connectivity index (χ1v) is 27.9. The third-order valence-corrected chi connectivity index (χ3v) is 13.3. The van der Waals surface area contributed by atoms with Gasteiger partial charge in [-0.05, 0) is 100 Å². The van der Waals surface area contributed by atoms with E-state index in [1.807, 2.05) is 13.8 Å². The molecule has 0 spiro atoms. The summed E-state index contributed by atoms with van der Waals surface area (Å²) in [5, 5.41) is 18.6. The van der Waals surface area contributed by atoms with Crippen LogP contribution in [-0.2, 0) is 60.8 Å². The van der Waals surface area contributed by atoms with Crippen LogP contribution in [0, 0.1) is 5.92 Å². The molecule has 1 aliphatic rings. The lowest BCUT2D eigenvalue weighted by molar-refractivity contribution is -0.143. The van der Waals surface area contributed by atoms with Gasteiger partial charge in [-0.1, -0.05) is 52.0 Å². The normalized spacial score (nSPS) is 15.3. The van der Waals surface area contributed by atoms with Crippen molar-refractivity contribution in [3.63, 3.8) is 0 Å². The van der Waals surface area contributed by atoms with Gasteiger partial charge in [0.25, 0.3) is 0 Å². The van der Waals surface area contributed by atoms with Gasteiger partial charge in [0, 0.05) is 38.9 Å². The Labute approximate surface area is 483 Å². The number of nitrogens with two attached hydrogens (primary N) is 6. The Bertz CT molecular complexity index is 2570. The van der Waals surface area contributed by atoms with Crippen molar-refractivity contribution in [1.82, 2.24) is 42.1 Å². The van der Waals surface area contributed by atoms with E-state index in [1.165, 1.54) is 4.90 Å². The number of amides is 10. The van der Waals surface area contributed by atoms with Gasteiger partial charge in [0.2, 0.25) is 59.1 Å². The number of ether oxygens (including phenoxy) is 2. The van der Waals surface area contributed by atoms with Gasteiger partial charge < -0.3 is 86.0 Å². The van der Waals surface area contributed by atoms with E-state index in [1.54, 1.807) is 76.2 Å². The van der Waals surface area contributed by atoms with Crippen molar-refractivity contribution < 1.29 is 57.4 Å². The SMILES string of the molecule is CCOc1ccc(C[C@H](NC(=O)[C@@H](Cc2ccc(OCC)cc2)NC(=O)CC)C(=O)N[C@H](C(=O)N[C@@H](CC(N)=O)C(=O)N[C@@H](CC)C(=O)N2CCC[C@H]2C(=O)N[C@@H](CCCN=C(N)N)C(=O)N[C@@H](CCCN=C(N)N)C(N)=O)C(C)C)cc1. The van der Waals surface area contributed by atoms with Gasteiger partial charge in [-0.2, -0.15) is 0 Å². The fourth-order valence-electron chi connectivity index (χ4n) is 8.91. The topological polar surface area (TPSA) is 457 Å². The maximum Gasteiger partial charge on any atom is 0.245 e. The zero-order chi connectivity index (χ0) is 61.8. The summed E-state index contributed by atoms with van der Waals surface area (Å²) < 4.78 is 11.1. The van der Waals surface area contributed by atoms with Crippen molar-refractivity contribution in [1.29, 1.82) is 0 Å². The second kappa shape index (κ2) is 35.2. The molecule has 28 nitrogen and oxygen atoms in total. The van der Waals surface area contributed by atoms with Crippen LogP contribution >= 0.6 is 0 Å². The Morgan fingerprint density at radius 3 is 1.49 bits per heavy atom. The quantitative estimate of drug-likeness (QED) is 0.0192. The largest absolute Gasteiger partial charge is 0.494 e. The molecule has 19 N–H and O–H groups in total. The van der Waals surface area contributed by atoms with Crippen LogP contribution in [0.3, 0.4) is 0 Å². The first-order valence-electron chi connectivity index (χ1n) is 27.9. The number of hydrogen-bond donors (Lipinski definition) is 13. The third kappa shape index (κ3) is 23.7. The molecule has 1 fully saturated rings. The number of aliphatic imine (C=N–C) groups is 2. The minimum atomic E-state index is -1.67. The molecule has 0 radical (unpaired) electrons. The molecule has 0 aliphatic carbocycles. The van der Waals surface area contributed by atoms with Crippen molar-refractivity contribution in [3.8, 4) is 11.5 Å². The van der Waals surface area contributed by atoms with E-state index in [0.29, 0.717) is 42.3 Å². The first-order chi connectivity index (χ1) is 39.4. The monoisotopic (exact) mass is 1160 g/mol. The van der Waals surface area contributed by atoms with Crippen molar-refractivity contribution in [2.75, 3.05) is 32.8 Å². The number of rotatable bonds is 36. The number of guanidine groups is 2. The van der Waals surface area contributed by atoms with Crippen LogP contribution in [0.5, 0.6) is 11.5 Å². The maximum atomic E-state index is 14.5. The highest BCUT2D eigenvalue weighted by atomic mass is 16.5. The minimum absolute atomic E-state index is 0.00388. The summed E-state index contributed by atoms with van der Waals surface area (Å²) >= 11 is 0. The summed E-state index contributed by atoms with van der Waals surface area (Å²) in [6.07, 6.45) is 0.399. The zero-order valence-electron chi connectivity index (χ0n) is 48.3. The molecule has 3 rings (SSSR count). The van der Waals surface area contributed by atoms with Crippen LogP contribution in [0.4, 0.5) is 0 Å². The molecule has 83 heavy (non-hydrogen) atoms. The van der Waals surface area contributed by atoms with Crippen LogP contribution < -0.4 is 81.1 Å². The molecule has 1 aliphatic heterocycles. The number of benzene rings is 2. The van der Waals surface area contributed by atoms with E-state index in [2.05, 4.69) is 47.2 Å². The number of nitrogens with zero attached hydrogens (tertiary/aromatic N) is 3. The standard InChI is InChI=1S/C55H86N16O12/c1-7-36(53(81)71-27-13-16-42(71)51(79)67-38(15-12-26-63-55(60)61)47(75)66-37(46(57)74)14-11-25-62-54(58)59)65-49(77)41(30-43(56)72)69-52(80)45(31(5)6)70-50(78)40(29-33-19-23-35(24-20-33)83-10-4)68-48(76)39(64-44(73)8-2)28-32-17-21-34(22-18-32)82-9-3/h17-24,31,36-42,45H,7-16,25-30H2,1-6H3,(H2,56,72)(H2,57,74)(H,64,73)(H,65,77)(H,66,75)(H,67,79)(H,68,76)(H,69,80)(H,70,78)(H4,58,59,62)(H4,60,61,63)/t36-,37-,38-,39+,40-,41-,42-,45-/m0/s1. The number of primary amides is 2. The smallest absolute Gasteiger partial charge is 0.245 e. The molecule has 1 heterocycles. The van der Waals surface area contributed by atoms with Gasteiger partial charge in [-0.15, -0.1) is 0 Å². The van der Waals surface area contributed by atoms with E-state index in [-0.39, 0.29) is 89.3 Å². The van der Waals surface area contributed by atoms with Crippen LogP contribution in [-0.4, -0.2) is 157 Å². The zero-order valence-corrected chi connectivity index (χ0v) is 48.3. The number of likely N-dealkylation sites (tertiary alicyclic amines) is 1. The molecule has 8 atom stereocenters. The Kier molecular flexibility index (Phi) is 29.1. The van der Waals surface area contributed by atoms with E-state index >= 15 is 0 Å². The van der Waals surface area contributed by atoms with E-state index in [4.69, 9.17) is 43.9 Å². The Hall–Kier alpha value is -8.72. The highest BCUT2D eigenvalue weighted by Crippen LogP contribution is 2.21. The predicted molar refractivity (Wildman–Crippen MR) is 309 cm³/mol. The third-order valence-electron chi connectivity index (χ3n) is 13.3. The van der Waals surface area contributed by atoms with Crippen LogP contribution in [0.25, 0.3) is 0 Å². The van der Waals surface area contributed by atoms with Crippen molar-refractivity contribution in [2.24, 2.45) is 50.3 Å². The summed E-state index contributed by atoms with van der Waals surface area (Å²) in [5.41, 5.74) is 34.2. The molecule has 2 aromatic rings. The van der Waals surface area contributed by atoms with Crippen molar-refractivity contribution in [3.05, 3.63) is 59.7 Å². The van der Waals surface area contributed by atoms with Crippen LogP contribution in [0.2, 0.25) is 0 Å². The Morgan fingerprint density at radius 1 is 0.566 bits per heavy atom. The number of carbonyl (C=O) groups excluding carboxylic acids is 10. The number of nitrogens with one attached hydrogen (secondary N) is 7. The minimum Gasteiger partial charge on any atom is -0.494 e. The fraction of sp³-hybridized carbons (Fsp3) is 0.564. The summed E-state index contributed by atoms with van der Waals surface area (Å²) in [4.78, 5) is 146. The fourth-order valence-corrected chi connectivity index (χ4v) is 8.91. The van der Waals surface area contributed by atoms with Gasteiger partial charge in [0.1, 0.15) is 59.8 Å². The lowest BCUT2D eigenvalue weighted by Gasteiger charge is -2.31. The molecule has 2 aromatic carbocycles. The molecule has 1 saturated heterocycles. The van der Waals surface area contributed by atoms with Gasteiger partial charge in [-0.3, -0.25) is 57.9 Å². The van der Waals surface area contributed by atoms with E-state index in [9.17, 15) is 47.9 Å². The predicted octanol–water partition coefficient (Wildman–Crippen LogP) is -2.40. The van der Waals surface area contributed by atoms with Crippen LogP contribution in [0.1, 0.15) is 110 Å². The highest BCUT2D eigenvalue weighted by molar-refractivity contribution is 5.99. The maximum absolute atomic E-state index is 14.5. The number of hydrogen-bond acceptors (Lipinski definition) is 14. The summed E-state index contributed by atoms with van der Waals surface area (Å²) in [7, 11) is 0. The average molecular weight is 1160 g/mol. The molecule has 458 valence electrons. The van der Waals surface area contributed by atoms with Gasteiger partial charge in [-0.25, -0.2) is 0 Å². The molecule has 0 aromatic heterocycles. The molecular weight excluding hydrogens is 1080 g/mol. The van der Waals surface area contributed by atoms with E-state index < -0.39 is 120 Å². The molecule has 28 heteroatoms. The summed E-state index contributed by atoms with van der Waals surface area (Å²) in [5.74, 6) is -7.63. The van der Waals surface area contributed by atoms with E-state index in [0.717, 1.165) is 0 Å². The van der Waals surface area contributed by atoms with Crippen molar-refractivity contribution in [2.45, 2.75) is 161 Å². The summed E-state index contributed by atoms with van der Waals surface area (Å²) in [6.45, 7) is 11.3. The van der Waals surface area contributed by atoms with Gasteiger partial charge in [0.05, 0.1) is 19.6 Å². The first kappa shape index (κ1) is 68.6. The number of carbonyl (C=O) groups is 10. The van der Waals surface area contributed by atoms with Gasteiger partial charge in [0.15, 0.2) is 11.9 Å². The highest BCUT2D eigenvalue weighted by Gasteiger charge is 2.40. The Morgan fingerprint density at radius 2 is 1.02 bits per heavy atom. The molecule has 0 unspecified atom stereocenters. The molecule has 0 saturated carbocycles. The van der Waals surface area contributed by atoms with Crippen molar-refractivity contribution >= 4 is 71.0 Å². The van der Waals surface area contributed by atoms with Gasteiger partial charge >= 0.3 is 0 Å². The molecule has 0 bridgehead atoms. The summed E-state index contributed by atoms with van der Waals surface area (Å²) in [6, 6.07) is 3.48. The Balaban J connectivity index is 1.85. The molecular formula is C55H86N16O12. The average Bonchev–Trinajstić information content (AvgIpc) is 4.08. The second-order valence-corrected chi connectivity index (χ2v) is 20.1. The second-order valence-electron chi connectivity index (χ2n) is 20.1. The lowest BCUT2D eigenvalue weighted by atomic mass is 9.99. The van der Waals surface area contributed by atoms with Crippen LogP contribution in [0.15, 0.2) is 58.5 Å². The lowest BCUT2D eigenvalue weighted by Crippen LogP contribution is -2.61.